The van der Waals surface area contributed by atoms with Gasteiger partial charge < -0.3 is 9.32 Å². The minimum atomic E-state index is -4.18. The number of nitrogens with one attached hydrogen (secondary N) is 1. The highest BCUT2D eigenvalue weighted by Gasteiger charge is 2.24. The second kappa shape index (κ2) is 8.32. The van der Waals surface area contributed by atoms with Gasteiger partial charge in [0.05, 0.1) is 4.90 Å². The lowest BCUT2D eigenvalue weighted by molar-refractivity contribution is 0.0827. The topological polar surface area (TPSA) is 96.7 Å². The zero-order valence-corrected chi connectivity index (χ0v) is 18.2. The molecule has 32 heavy (non-hydrogen) atoms. The van der Waals surface area contributed by atoms with Gasteiger partial charge in [0.1, 0.15) is 5.58 Å². The van der Waals surface area contributed by atoms with E-state index in [-0.39, 0.29) is 16.6 Å². The molecule has 1 N–H and O–H groups in total. The monoisotopic (exact) mass is 448 g/mol. The van der Waals surface area contributed by atoms with Crippen molar-refractivity contribution in [3.63, 3.8) is 0 Å². The van der Waals surface area contributed by atoms with Crippen molar-refractivity contribution >= 4 is 32.8 Å². The maximum atomic E-state index is 13.0. The van der Waals surface area contributed by atoms with Crippen LogP contribution in [0.15, 0.2) is 88.2 Å². The number of rotatable bonds is 5. The fourth-order valence-corrected chi connectivity index (χ4v) is 4.51. The zero-order chi connectivity index (χ0) is 22.9. The minimum Gasteiger partial charge on any atom is -0.451 e. The Morgan fingerprint density at radius 1 is 0.875 bits per heavy atom. The van der Waals surface area contributed by atoms with Crippen molar-refractivity contribution in [1.82, 2.24) is 9.62 Å². The molecule has 0 aliphatic heterocycles. The highest BCUT2D eigenvalue weighted by molar-refractivity contribution is 7.90. The molecule has 0 aliphatic carbocycles. The highest BCUT2D eigenvalue weighted by Crippen LogP contribution is 2.27. The van der Waals surface area contributed by atoms with E-state index in [0.29, 0.717) is 27.7 Å². The zero-order valence-electron chi connectivity index (χ0n) is 17.4. The number of furan rings is 1. The molecular formula is C24H20N2O5S. The average Bonchev–Trinajstić information content (AvgIpc) is 3.22. The molecule has 0 radical (unpaired) electrons. The summed E-state index contributed by atoms with van der Waals surface area (Å²) in [4.78, 5) is 26.3. The van der Waals surface area contributed by atoms with Gasteiger partial charge in [0.2, 0.25) is 0 Å². The number of hydrogen-bond donors (Lipinski definition) is 1. The Morgan fingerprint density at radius 3 is 2.28 bits per heavy atom. The molecule has 162 valence electrons. The van der Waals surface area contributed by atoms with Gasteiger partial charge in [0, 0.05) is 30.6 Å². The van der Waals surface area contributed by atoms with E-state index in [4.69, 9.17) is 4.42 Å². The lowest BCUT2D eigenvalue weighted by Crippen LogP contribution is -2.30. The second-order valence-corrected chi connectivity index (χ2v) is 9.01. The third-order valence-corrected chi connectivity index (χ3v) is 6.27. The number of hydrogen-bond acceptors (Lipinski definition) is 5. The number of carbonyl (C=O) groups is 2. The van der Waals surface area contributed by atoms with Crippen molar-refractivity contribution in [3.8, 4) is 11.1 Å². The van der Waals surface area contributed by atoms with Crippen molar-refractivity contribution in [2.24, 2.45) is 0 Å². The molecule has 3 aromatic carbocycles. The molecule has 2 amide bonds. The van der Waals surface area contributed by atoms with Gasteiger partial charge in [-0.15, -0.1) is 0 Å². The predicted octanol–water partition coefficient (Wildman–Crippen LogP) is 3.92. The van der Waals surface area contributed by atoms with Gasteiger partial charge in [0.15, 0.2) is 5.76 Å². The summed E-state index contributed by atoms with van der Waals surface area (Å²) in [5, 5.41) is 0.576. The third kappa shape index (κ3) is 4.13. The van der Waals surface area contributed by atoms with Crippen molar-refractivity contribution in [3.05, 3.63) is 90.2 Å². The first-order valence-corrected chi connectivity index (χ1v) is 11.2. The van der Waals surface area contributed by atoms with Crippen LogP contribution in [0.25, 0.3) is 22.1 Å². The van der Waals surface area contributed by atoms with Crippen LogP contribution in [0.1, 0.15) is 20.9 Å². The third-order valence-electron chi connectivity index (χ3n) is 4.89. The molecule has 0 atom stereocenters. The van der Waals surface area contributed by atoms with Crippen molar-refractivity contribution in [2.75, 3.05) is 14.1 Å². The van der Waals surface area contributed by atoms with E-state index in [1.807, 2.05) is 6.07 Å². The van der Waals surface area contributed by atoms with Crippen LogP contribution in [0.2, 0.25) is 0 Å². The molecular weight excluding hydrogens is 428 g/mol. The first-order valence-electron chi connectivity index (χ1n) is 9.73. The van der Waals surface area contributed by atoms with Gasteiger partial charge in [-0.25, -0.2) is 13.1 Å². The van der Waals surface area contributed by atoms with Gasteiger partial charge in [-0.05, 0) is 29.8 Å². The molecule has 4 aromatic rings. The van der Waals surface area contributed by atoms with Crippen LogP contribution in [0.4, 0.5) is 0 Å². The van der Waals surface area contributed by atoms with Crippen LogP contribution < -0.4 is 4.72 Å². The van der Waals surface area contributed by atoms with E-state index in [2.05, 4.69) is 4.72 Å². The first-order chi connectivity index (χ1) is 15.3. The maximum Gasteiger partial charge on any atom is 0.300 e. The van der Waals surface area contributed by atoms with Crippen molar-refractivity contribution in [2.45, 2.75) is 4.90 Å². The predicted molar refractivity (Wildman–Crippen MR) is 121 cm³/mol. The molecule has 1 heterocycles. The standard InChI is InChI=1S/C24H20N2O5S/c1-26(2)24(28)18-13-12-17-14-21(31-20(17)15-18)23(27)25-32(29,30)22-11-7-6-10-19(22)16-8-4-3-5-9-16/h3-15H,1-2H3,(H,25,27). The van der Waals surface area contributed by atoms with Crippen LogP contribution in [-0.4, -0.2) is 39.2 Å². The highest BCUT2D eigenvalue weighted by atomic mass is 32.2. The van der Waals surface area contributed by atoms with E-state index in [0.717, 1.165) is 0 Å². The number of sulfonamides is 1. The number of benzene rings is 3. The van der Waals surface area contributed by atoms with E-state index in [9.17, 15) is 18.0 Å². The van der Waals surface area contributed by atoms with Crippen molar-refractivity contribution < 1.29 is 22.4 Å². The molecule has 0 aliphatic rings. The SMILES string of the molecule is CN(C)C(=O)c1ccc2cc(C(=O)NS(=O)(=O)c3ccccc3-c3ccccc3)oc2c1. The largest absolute Gasteiger partial charge is 0.451 e. The molecule has 8 heteroatoms. The number of amides is 2. The molecule has 0 saturated heterocycles. The Kier molecular flexibility index (Phi) is 5.54. The molecule has 0 spiro atoms. The summed E-state index contributed by atoms with van der Waals surface area (Å²) in [6.45, 7) is 0. The van der Waals surface area contributed by atoms with Crippen LogP contribution in [0.3, 0.4) is 0 Å². The first kappa shape index (κ1) is 21.3. The van der Waals surface area contributed by atoms with Crippen LogP contribution >= 0.6 is 0 Å². The quantitative estimate of drug-likeness (QED) is 0.499. The summed E-state index contributed by atoms with van der Waals surface area (Å²) in [6, 6.07) is 21.7. The molecule has 0 saturated carbocycles. The van der Waals surface area contributed by atoms with Crippen LogP contribution in [0.5, 0.6) is 0 Å². The van der Waals surface area contributed by atoms with Gasteiger partial charge in [-0.1, -0.05) is 54.6 Å². The number of nitrogens with zero attached hydrogens (tertiary/aromatic N) is 1. The fraction of sp³-hybridized carbons (Fsp3) is 0.0833. The van der Waals surface area contributed by atoms with E-state index in [1.165, 1.54) is 23.1 Å². The van der Waals surface area contributed by atoms with Gasteiger partial charge in [0.25, 0.3) is 15.9 Å². The van der Waals surface area contributed by atoms with E-state index >= 15 is 0 Å². The summed E-state index contributed by atoms with van der Waals surface area (Å²) in [5.74, 6) is -1.28. The lowest BCUT2D eigenvalue weighted by atomic mass is 10.1. The Hall–Kier alpha value is -3.91. The number of carbonyl (C=O) groups excluding carboxylic acids is 2. The normalized spacial score (nSPS) is 11.3. The summed E-state index contributed by atoms with van der Waals surface area (Å²) in [7, 11) is -0.916. The van der Waals surface area contributed by atoms with Gasteiger partial charge in [-0.3, -0.25) is 9.59 Å². The molecule has 7 nitrogen and oxygen atoms in total. The lowest BCUT2D eigenvalue weighted by Gasteiger charge is -2.11. The van der Waals surface area contributed by atoms with Crippen LogP contribution in [0, 0.1) is 0 Å². The number of fused-ring (bicyclic) bond motifs is 1. The molecule has 1 aromatic heterocycles. The molecule has 0 fully saturated rings. The Morgan fingerprint density at radius 2 is 1.56 bits per heavy atom. The average molecular weight is 449 g/mol. The molecule has 4 rings (SSSR count). The van der Waals surface area contributed by atoms with Gasteiger partial charge in [-0.2, -0.15) is 0 Å². The van der Waals surface area contributed by atoms with Crippen molar-refractivity contribution in [1.29, 1.82) is 0 Å². The van der Waals surface area contributed by atoms with E-state index < -0.39 is 15.9 Å². The smallest absolute Gasteiger partial charge is 0.300 e. The Bertz CT molecular complexity index is 1420. The van der Waals surface area contributed by atoms with Crippen LogP contribution in [-0.2, 0) is 10.0 Å². The molecule has 0 bridgehead atoms. The Balaban J connectivity index is 1.64. The maximum absolute atomic E-state index is 13.0. The summed E-state index contributed by atoms with van der Waals surface area (Å²) in [5.41, 5.74) is 1.89. The van der Waals surface area contributed by atoms with E-state index in [1.54, 1.807) is 68.7 Å². The summed E-state index contributed by atoms with van der Waals surface area (Å²) < 4.78 is 33.7. The fourth-order valence-electron chi connectivity index (χ4n) is 3.32. The summed E-state index contributed by atoms with van der Waals surface area (Å²) >= 11 is 0. The minimum absolute atomic E-state index is 0.0190. The summed E-state index contributed by atoms with van der Waals surface area (Å²) in [6.07, 6.45) is 0. The second-order valence-electron chi connectivity index (χ2n) is 7.36. The van der Waals surface area contributed by atoms with Gasteiger partial charge >= 0.3 is 5.91 Å². The Labute approximate surface area is 185 Å². The molecule has 0 unspecified atom stereocenters.